The number of nitrogens with one attached hydrogen (secondary N) is 1. The minimum absolute atomic E-state index is 0.0564. The molecule has 172 valence electrons. The summed E-state index contributed by atoms with van der Waals surface area (Å²) in [4.78, 5) is 18.1. The molecule has 1 aliphatic heterocycles. The molecule has 33 heavy (non-hydrogen) atoms. The molecule has 0 aliphatic carbocycles. The molecule has 1 fully saturated rings. The summed E-state index contributed by atoms with van der Waals surface area (Å²) in [6, 6.07) is 25.2. The fourth-order valence-electron chi connectivity index (χ4n) is 4.33. The van der Waals surface area contributed by atoms with E-state index in [1.54, 1.807) is 7.11 Å². The van der Waals surface area contributed by atoms with Crippen LogP contribution in [0.1, 0.15) is 18.5 Å². The molecular weight excluding hydrogens is 414 g/mol. The highest BCUT2D eigenvalue weighted by Gasteiger charge is 2.31. The molecule has 1 heterocycles. The molecule has 1 saturated heterocycles. The van der Waals surface area contributed by atoms with Gasteiger partial charge in [-0.25, -0.2) is 0 Å². The van der Waals surface area contributed by atoms with Crippen molar-refractivity contribution in [2.75, 3.05) is 50.1 Å². The van der Waals surface area contributed by atoms with Gasteiger partial charge in [-0.15, -0.1) is 0 Å². The molecule has 1 N–H and O–H groups in total. The zero-order valence-electron chi connectivity index (χ0n) is 19.2. The molecule has 1 amide bonds. The number of nitrogens with zero attached hydrogens (tertiary/aromatic N) is 2. The van der Waals surface area contributed by atoms with E-state index in [0.717, 1.165) is 43.2 Å². The van der Waals surface area contributed by atoms with Crippen molar-refractivity contribution in [2.45, 2.75) is 13.0 Å². The molecule has 6 nitrogen and oxygen atoms in total. The SMILES string of the molecule is CCOc1ccccc1NC(=O)C(c1ccccc1)N1CCN(c2ccccc2OC)CC1. The van der Waals surface area contributed by atoms with Crippen LogP contribution in [-0.2, 0) is 4.79 Å². The molecule has 1 atom stereocenters. The van der Waals surface area contributed by atoms with Gasteiger partial charge in [0.05, 0.1) is 25.1 Å². The number of methoxy groups -OCH3 is 1. The van der Waals surface area contributed by atoms with E-state index in [9.17, 15) is 4.79 Å². The first-order chi connectivity index (χ1) is 16.2. The molecule has 0 aromatic heterocycles. The summed E-state index contributed by atoms with van der Waals surface area (Å²) in [7, 11) is 1.70. The maximum atomic E-state index is 13.6. The topological polar surface area (TPSA) is 54.0 Å². The van der Waals surface area contributed by atoms with Gasteiger partial charge in [-0.05, 0) is 36.8 Å². The highest BCUT2D eigenvalue weighted by Crippen LogP contribution is 2.31. The second-order valence-electron chi connectivity index (χ2n) is 7.93. The zero-order valence-corrected chi connectivity index (χ0v) is 19.2. The van der Waals surface area contributed by atoms with Crippen molar-refractivity contribution in [3.05, 3.63) is 84.4 Å². The van der Waals surface area contributed by atoms with Crippen LogP contribution in [-0.4, -0.2) is 50.7 Å². The number of anilines is 2. The van der Waals surface area contributed by atoms with Gasteiger partial charge in [0, 0.05) is 26.2 Å². The minimum atomic E-state index is -0.388. The number of amides is 1. The fraction of sp³-hybridized carbons (Fsp3) is 0.296. The highest BCUT2D eigenvalue weighted by atomic mass is 16.5. The number of ether oxygens (including phenoxy) is 2. The van der Waals surface area contributed by atoms with Gasteiger partial charge in [0.1, 0.15) is 17.5 Å². The van der Waals surface area contributed by atoms with E-state index in [2.05, 4.69) is 21.2 Å². The van der Waals surface area contributed by atoms with E-state index >= 15 is 0 Å². The van der Waals surface area contributed by atoms with Crippen LogP contribution in [0.4, 0.5) is 11.4 Å². The second-order valence-corrected chi connectivity index (χ2v) is 7.93. The summed E-state index contributed by atoms with van der Waals surface area (Å²) in [5.74, 6) is 1.50. The molecule has 1 unspecified atom stereocenters. The van der Waals surface area contributed by atoms with E-state index in [-0.39, 0.29) is 11.9 Å². The van der Waals surface area contributed by atoms with Gasteiger partial charge in [0.25, 0.3) is 0 Å². The van der Waals surface area contributed by atoms with Crippen molar-refractivity contribution in [2.24, 2.45) is 0 Å². The molecule has 0 saturated carbocycles. The predicted molar refractivity (Wildman–Crippen MR) is 132 cm³/mol. The van der Waals surface area contributed by atoms with Crippen molar-refractivity contribution in [3.8, 4) is 11.5 Å². The first-order valence-electron chi connectivity index (χ1n) is 11.4. The number of hydrogen-bond donors (Lipinski definition) is 1. The van der Waals surface area contributed by atoms with Gasteiger partial charge in [-0.3, -0.25) is 9.69 Å². The number of para-hydroxylation sites is 4. The lowest BCUT2D eigenvalue weighted by molar-refractivity contribution is -0.121. The van der Waals surface area contributed by atoms with Crippen molar-refractivity contribution in [1.29, 1.82) is 0 Å². The molecular formula is C27H31N3O3. The van der Waals surface area contributed by atoms with Crippen LogP contribution in [0, 0.1) is 0 Å². The van der Waals surface area contributed by atoms with Crippen molar-refractivity contribution in [3.63, 3.8) is 0 Å². The summed E-state index contributed by atoms with van der Waals surface area (Å²) in [6.07, 6.45) is 0. The Balaban J connectivity index is 1.53. The quantitative estimate of drug-likeness (QED) is 0.549. The van der Waals surface area contributed by atoms with Crippen LogP contribution < -0.4 is 19.7 Å². The summed E-state index contributed by atoms with van der Waals surface area (Å²) < 4.78 is 11.3. The average Bonchev–Trinajstić information content (AvgIpc) is 2.87. The van der Waals surface area contributed by atoms with Crippen molar-refractivity contribution < 1.29 is 14.3 Å². The largest absolute Gasteiger partial charge is 0.495 e. The van der Waals surface area contributed by atoms with E-state index in [4.69, 9.17) is 9.47 Å². The standard InChI is InChI=1S/C27H31N3O3/c1-3-33-24-15-9-7-13-22(24)28-27(31)26(21-11-5-4-6-12-21)30-19-17-29(18-20-30)23-14-8-10-16-25(23)32-2/h4-16,26H,3,17-20H2,1-2H3,(H,28,31). The Bertz CT molecular complexity index is 1050. The Morgan fingerprint density at radius 1 is 0.879 bits per heavy atom. The average molecular weight is 446 g/mol. The summed E-state index contributed by atoms with van der Waals surface area (Å²) in [6.45, 7) is 5.63. The molecule has 0 spiro atoms. The van der Waals surface area contributed by atoms with Crippen molar-refractivity contribution >= 4 is 17.3 Å². The van der Waals surface area contributed by atoms with Crippen LogP contribution in [0.5, 0.6) is 11.5 Å². The first kappa shape index (κ1) is 22.7. The Labute approximate surface area is 195 Å². The lowest BCUT2D eigenvalue weighted by Gasteiger charge is -2.40. The molecule has 0 radical (unpaired) electrons. The maximum absolute atomic E-state index is 13.6. The number of hydrogen-bond acceptors (Lipinski definition) is 5. The Morgan fingerprint density at radius 2 is 1.52 bits per heavy atom. The number of benzene rings is 3. The van der Waals surface area contributed by atoms with E-state index in [1.807, 2.05) is 79.7 Å². The molecule has 4 rings (SSSR count). The van der Waals surface area contributed by atoms with Crippen LogP contribution in [0.3, 0.4) is 0 Å². The second kappa shape index (κ2) is 10.9. The van der Waals surface area contributed by atoms with E-state index < -0.39 is 0 Å². The monoisotopic (exact) mass is 445 g/mol. The maximum Gasteiger partial charge on any atom is 0.246 e. The molecule has 1 aliphatic rings. The Morgan fingerprint density at radius 3 is 2.21 bits per heavy atom. The number of piperazine rings is 1. The molecule has 6 heteroatoms. The summed E-state index contributed by atoms with van der Waals surface area (Å²) >= 11 is 0. The van der Waals surface area contributed by atoms with E-state index in [1.165, 1.54) is 0 Å². The number of carbonyl (C=O) groups excluding carboxylic acids is 1. The first-order valence-corrected chi connectivity index (χ1v) is 11.4. The summed E-state index contributed by atoms with van der Waals surface area (Å²) in [5, 5.41) is 3.11. The third-order valence-electron chi connectivity index (χ3n) is 5.91. The van der Waals surface area contributed by atoms with Gasteiger partial charge < -0.3 is 19.7 Å². The Hall–Kier alpha value is -3.51. The van der Waals surface area contributed by atoms with Gasteiger partial charge in [0.2, 0.25) is 5.91 Å². The molecule has 3 aromatic rings. The lowest BCUT2D eigenvalue weighted by Crippen LogP contribution is -2.50. The Kier molecular flexibility index (Phi) is 7.47. The third kappa shape index (κ3) is 5.29. The number of rotatable bonds is 8. The highest BCUT2D eigenvalue weighted by molar-refractivity contribution is 5.96. The van der Waals surface area contributed by atoms with Crippen LogP contribution in [0.15, 0.2) is 78.9 Å². The van der Waals surface area contributed by atoms with E-state index in [0.29, 0.717) is 18.0 Å². The third-order valence-corrected chi connectivity index (χ3v) is 5.91. The minimum Gasteiger partial charge on any atom is -0.495 e. The normalized spacial score (nSPS) is 15.0. The van der Waals surface area contributed by atoms with Crippen LogP contribution in [0.25, 0.3) is 0 Å². The van der Waals surface area contributed by atoms with Gasteiger partial charge in [0.15, 0.2) is 0 Å². The van der Waals surface area contributed by atoms with Gasteiger partial charge in [-0.1, -0.05) is 54.6 Å². The lowest BCUT2D eigenvalue weighted by atomic mass is 10.0. The van der Waals surface area contributed by atoms with Crippen molar-refractivity contribution in [1.82, 2.24) is 4.90 Å². The van der Waals surface area contributed by atoms with Gasteiger partial charge >= 0.3 is 0 Å². The predicted octanol–water partition coefficient (Wildman–Crippen LogP) is 4.60. The zero-order chi connectivity index (χ0) is 23.0. The summed E-state index contributed by atoms with van der Waals surface area (Å²) in [5.41, 5.74) is 2.76. The smallest absolute Gasteiger partial charge is 0.246 e. The van der Waals surface area contributed by atoms with Crippen LogP contribution in [0.2, 0.25) is 0 Å². The molecule has 3 aromatic carbocycles. The van der Waals surface area contributed by atoms with Gasteiger partial charge in [-0.2, -0.15) is 0 Å². The fourth-order valence-corrected chi connectivity index (χ4v) is 4.33. The van der Waals surface area contributed by atoms with Crippen LogP contribution >= 0.6 is 0 Å². The number of carbonyl (C=O) groups is 1. The molecule has 0 bridgehead atoms.